The van der Waals surface area contributed by atoms with E-state index in [1.807, 2.05) is 0 Å². The Labute approximate surface area is 158 Å². The highest BCUT2D eigenvalue weighted by Gasteiger charge is 2.18. The van der Waals surface area contributed by atoms with E-state index in [4.69, 9.17) is 0 Å². The van der Waals surface area contributed by atoms with E-state index in [0.717, 1.165) is 19.3 Å². The lowest BCUT2D eigenvalue weighted by Gasteiger charge is -2.11. The summed E-state index contributed by atoms with van der Waals surface area (Å²) in [5, 5.41) is 0. The quantitative estimate of drug-likeness (QED) is 0.528. The third-order valence-corrected chi connectivity index (χ3v) is 5.73. The molecule has 0 saturated carbocycles. The van der Waals surface area contributed by atoms with Crippen LogP contribution < -0.4 is 0 Å². The number of aryl methyl sites for hydroxylation is 1. The molecule has 0 bridgehead atoms. The molecule has 0 saturated heterocycles. The lowest BCUT2D eigenvalue weighted by molar-refractivity contribution is 0.930. The summed E-state index contributed by atoms with van der Waals surface area (Å²) in [6, 6.07) is 9.18. The summed E-state index contributed by atoms with van der Waals surface area (Å²) in [6.45, 7) is 2.19. The van der Waals surface area contributed by atoms with Gasteiger partial charge in [0.2, 0.25) is 0 Å². The van der Waals surface area contributed by atoms with E-state index in [9.17, 15) is 0 Å². The molecule has 0 aliphatic heterocycles. The molecular formula is C26H28. The number of rotatable bonds is 5. The molecule has 1 aromatic rings. The van der Waals surface area contributed by atoms with Crippen molar-refractivity contribution in [2.45, 2.75) is 51.9 Å². The molecule has 0 heteroatoms. The van der Waals surface area contributed by atoms with Gasteiger partial charge in [0.1, 0.15) is 0 Å². The summed E-state index contributed by atoms with van der Waals surface area (Å²) < 4.78 is 0. The Morgan fingerprint density at radius 1 is 0.923 bits per heavy atom. The van der Waals surface area contributed by atoms with Crippen LogP contribution in [0.15, 0.2) is 89.1 Å². The first-order valence-electron chi connectivity index (χ1n) is 10.0. The number of fused-ring (bicyclic) bond motifs is 1. The molecule has 0 aromatic heterocycles. The van der Waals surface area contributed by atoms with Crippen LogP contribution in [0, 0.1) is 0 Å². The van der Waals surface area contributed by atoms with Crippen LogP contribution in [0.1, 0.15) is 56.6 Å². The summed E-state index contributed by atoms with van der Waals surface area (Å²) >= 11 is 0. The van der Waals surface area contributed by atoms with Gasteiger partial charge in [0, 0.05) is 0 Å². The van der Waals surface area contributed by atoms with E-state index in [0.29, 0.717) is 0 Å². The summed E-state index contributed by atoms with van der Waals surface area (Å²) in [5.74, 6) is 0. The maximum Gasteiger partial charge on any atom is -0.00203 e. The molecule has 0 unspecified atom stereocenters. The van der Waals surface area contributed by atoms with Crippen LogP contribution in [0.3, 0.4) is 0 Å². The molecule has 0 heterocycles. The van der Waals surface area contributed by atoms with E-state index in [2.05, 4.69) is 73.7 Å². The number of allylic oxidation sites excluding steroid dienone is 12. The summed E-state index contributed by atoms with van der Waals surface area (Å²) in [6.07, 6.45) is 24.6. The highest BCUT2D eigenvalue weighted by Crippen LogP contribution is 2.37. The first-order valence-corrected chi connectivity index (χ1v) is 10.0. The third-order valence-electron chi connectivity index (χ3n) is 5.73. The molecule has 0 atom stereocenters. The summed E-state index contributed by atoms with van der Waals surface area (Å²) in [4.78, 5) is 0. The van der Waals surface area contributed by atoms with Crippen LogP contribution in [0.5, 0.6) is 0 Å². The van der Waals surface area contributed by atoms with E-state index < -0.39 is 0 Å². The highest BCUT2D eigenvalue weighted by molar-refractivity contribution is 5.74. The van der Waals surface area contributed by atoms with Gasteiger partial charge < -0.3 is 0 Å². The van der Waals surface area contributed by atoms with Crippen molar-refractivity contribution in [1.82, 2.24) is 0 Å². The molecule has 26 heavy (non-hydrogen) atoms. The van der Waals surface area contributed by atoms with Gasteiger partial charge in [0.15, 0.2) is 0 Å². The van der Waals surface area contributed by atoms with Gasteiger partial charge in [-0.15, -0.1) is 0 Å². The number of hydrogen-bond donors (Lipinski definition) is 0. The molecule has 4 rings (SSSR count). The fourth-order valence-electron chi connectivity index (χ4n) is 4.18. The number of hydrogen-bond acceptors (Lipinski definition) is 0. The Kier molecular flexibility index (Phi) is 5.20. The molecular weight excluding hydrogens is 312 g/mol. The predicted molar refractivity (Wildman–Crippen MR) is 113 cm³/mol. The predicted octanol–water partition coefficient (Wildman–Crippen LogP) is 7.28. The molecule has 3 aliphatic carbocycles. The minimum absolute atomic E-state index is 1.12. The molecule has 132 valence electrons. The maximum absolute atomic E-state index is 2.43. The zero-order chi connectivity index (χ0) is 17.8. The first kappa shape index (κ1) is 17.1. The molecule has 0 spiro atoms. The van der Waals surface area contributed by atoms with Gasteiger partial charge in [-0.3, -0.25) is 0 Å². The second kappa shape index (κ2) is 7.91. The van der Waals surface area contributed by atoms with Crippen molar-refractivity contribution in [3.63, 3.8) is 0 Å². The van der Waals surface area contributed by atoms with Gasteiger partial charge in [-0.2, -0.15) is 0 Å². The average molecular weight is 341 g/mol. The van der Waals surface area contributed by atoms with Crippen LogP contribution in [-0.4, -0.2) is 0 Å². The second-order valence-electron chi connectivity index (χ2n) is 7.46. The van der Waals surface area contributed by atoms with E-state index >= 15 is 0 Å². The standard InChI is InChI=1S/C26H28/c1-2-21(26-18-24-10-6-7-11-25(24)19-26)15-12-20-13-16-23(17-14-20)22-8-4-3-5-9-22/h2,4,8-11,13-14,16-18H,3,5-7,12,15,19H2,1H3. The van der Waals surface area contributed by atoms with Crippen molar-refractivity contribution in [3.8, 4) is 0 Å². The molecule has 0 fully saturated rings. The summed E-state index contributed by atoms with van der Waals surface area (Å²) in [7, 11) is 0. The molecule has 0 radical (unpaired) electrons. The molecule has 0 N–H and O–H groups in total. The third kappa shape index (κ3) is 3.75. The average Bonchev–Trinajstić information content (AvgIpc) is 3.13. The van der Waals surface area contributed by atoms with E-state index in [1.165, 1.54) is 59.1 Å². The highest BCUT2D eigenvalue weighted by atomic mass is 14.2. The van der Waals surface area contributed by atoms with Crippen molar-refractivity contribution in [3.05, 3.63) is 100 Å². The minimum Gasteiger partial charge on any atom is -0.0841 e. The molecule has 1 aromatic carbocycles. The van der Waals surface area contributed by atoms with E-state index in [-0.39, 0.29) is 0 Å². The van der Waals surface area contributed by atoms with Crippen LogP contribution in [-0.2, 0) is 6.42 Å². The van der Waals surface area contributed by atoms with Gasteiger partial charge in [-0.1, -0.05) is 66.8 Å². The lowest BCUT2D eigenvalue weighted by Crippen LogP contribution is -1.93. The Balaban J connectivity index is 1.40. The van der Waals surface area contributed by atoms with Crippen molar-refractivity contribution in [1.29, 1.82) is 0 Å². The lowest BCUT2D eigenvalue weighted by atomic mass is 9.94. The fraction of sp³-hybridized carbons (Fsp3) is 0.308. The monoisotopic (exact) mass is 340 g/mol. The maximum atomic E-state index is 2.43. The first-order chi connectivity index (χ1) is 12.8. The van der Waals surface area contributed by atoms with Crippen LogP contribution in [0.4, 0.5) is 0 Å². The van der Waals surface area contributed by atoms with Crippen molar-refractivity contribution in [2.24, 2.45) is 0 Å². The Morgan fingerprint density at radius 2 is 1.69 bits per heavy atom. The van der Waals surface area contributed by atoms with Crippen molar-refractivity contribution < 1.29 is 0 Å². The zero-order valence-electron chi connectivity index (χ0n) is 15.8. The topological polar surface area (TPSA) is 0 Å². The fourth-order valence-corrected chi connectivity index (χ4v) is 4.18. The Morgan fingerprint density at radius 3 is 2.42 bits per heavy atom. The van der Waals surface area contributed by atoms with E-state index in [1.54, 1.807) is 5.57 Å². The minimum atomic E-state index is 1.12. The van der Waals surface area contributed by atoms with Crippen LogP contribution in [0.25, 0.3) is 5.57 Å². The Hall–Kier alpha value is -2.34. The van der Waals surface area contributed by atoms with Crippen LogP contribution >= 0.6 is 0 Å². The van der Waals surface area contributed by atoms with Gasteiger partial charge in [0.05, 0.1) is 0 Å². The van der Waals surface area contributed by atoms with Gasteiger partial charge in [0.25, 0.3) is 0 Å². The smallest absolute Gasteiger partial charge is 0.00203 e. The SMILES string of the molecule is CC=C(CCc1ccc(C2=CCCC=C2)cc1)C1=CC2=CCCC=C2C1. The molecule has 3 aliphatic rings. The van der Waals surface area contributed by atoms with Crippen molar-refractivity contribution in [2.75, 3.05) is 0 Å². The molecule has 0 amide bonds. The Bertz CT molecular complexity index is 848. The second-order valence-corrected chi connectivity index (χ2v) is 7.46. The van der Waals surface area contributed by atoms with Gasteiger partial charge in [-0.05, 0) is 90.9 Å². The van der Waals surface area contributed by atoms with Crippen LogP contribution in [0.2, 0.25) is 0 Å². The summed E-state index contributed by atoms with van der Waals surface area (Å²) in [5.41, 5.74) is 10.2. The largest absolute Gasteiger partial charge is 0.0841 e. The zero-order valence-corrected chi connectivity index (χ0v) is 15.8. The van der Waals surface area contributed by atoms with Gasteiger partial charge >= 0.3 is 0 Å². The normalized spacial score (nSPS) is 19.5. The number of benzene rings is 1. The van der Waals surface area contributed by atoms with Crippen molar-refractivity contribution >= 4 is 5.57 Å². The molecule has 0 nitrogen and oxygen atoms in total. The van der Waals surface area contributed by atoms with Gasteiger partial charge in [-0.25, -0.2) is 0 Å².